The molecule has 0 fully saturated rings. The molecule has 0 aliphatic carbocycles. The standard InChI is InChI=1S/2C4H10O.2CH3.Hf/c2*1-2-3-4-5;;;/h2*5H,2-4H2,1H3;2*1H3;/q;;2*-1;. The summed E-state index contributed by atoms with van der Waals surface area (Å²) in [5.74, 6) is 0. The van der Waals surface area contributed by atoms with Crippen LogP contribution in [0.3, 0.4) is 0 Å². The molecule has 0 spiro atoms. The molecule has 0 aromatic rings. The zero-order valence-corrected chi connectivity index (χ0v) is 13.2. The van der Waals surface area contributed by atoms with Gasteiger partial charge in [0.1, 0.15) is 0 Å². The van der Waals surface area contributed by atoms with Crippen LogP contribution in [0.25, 0.3) is 0 Å². The second kappa shape index (κ2) is 38.6. The smallest absolute Gasteiger partial charge is 0.0430 e. The summed E-state index contributed by atoms with van der Waals surface area (Å²) in [6.45, 7) is 4.79. The zero-order chi connectivity index (χ0) is 8.24. The predicted molar refractivity (Wildman–Crippen MR) is 56.8 cm³/mol. The summed E-state index contributed by atoms with van der Waals surface area (Å²) in [6, 6.07) is 0. The Morgan fingerprint density at radius 1 is 0.769 bits per heavy atom. The molecule has 0 atom stereocenters. The van der Waals surface area contributed by atoms with E-state index in [0.717, 1.165) is 25.7 Å². The molecule has 0 bridgehead atoms. The minimum atomic E-state index is 0. The topological polar surface area (TPSA) is 40.5 Å². The molecular weight excluding hydrogens is 331 g/mol. The van der Waals surface area contributed by atoms with Gasteiger partial charge in [-0.3, -0.25) is 0 Å². The minimum absolute atomic E-state index is 0. The van der Waals surface area contributed by atoms with Crippen molar-refractivity contribution in [2.24, 2.45) is 0 Å². The Morgan fingerprint density at radius 3 is 1.00 bits per heavy atom. The maximum absolute atomic E-state index is 8.07. The van der Waals surface area contributed by atoms with E-state index in [9.17, 15) is 0 Å². The van der Waals surface area contributed by atoms with Crippen molar-refractivity contribution in [3.63, 3.8) is 0 Å². The Morgan fingerprint density at radius 2 is 1.00 bits per heavy atom. The molecule has 0 amide bonds. The summed E-state index contributed by atoms with van der Waals surface area (Å²) in [6.07, 6.45) is 4.08. The van der Waals surface area contributed by atoms with E-state index in [1.165, 1.54) is 0 Å². The van der Waals surface area contributed by atoms with E-state index in [4.69, 9.17) is 10.2 Å². The molecule has 0 aliphatic rings. The third kappa shape index (κ3) is 64.9. The molecule has 0 saturated heterocycles. The van der Waals surface area contributed by atoms with Crippen LogP contribution in [-0.2, 0) is 25.8 Å². The molecular formula is C10H26HfO2-2. The molecule has 0 saturated carbocycles. The first-order valence-corrected chi connectivity index (χ1v) is 4.05. The second-order valence-corrected chi connectivity index (χ2v) is 2.15. The molecule has 0 aromatic heterocycles. The van der Waals surface area contributed by atoms with Gasteiger partial charge < -0.3 is 25.1 Å². The van der Waals surface area contributed by atoms with Crippen molar-refractivity contribution in [1.29, 1.82) is 0 Å². The van der Waals surface area contributed by atoms with Crippen molar-refractivity contribution in [2.75, 3.05) is 13.2 Å². The molecule has 3 heteroatoms. The summed E-state index contributed by atoms with van der Waals surface area (Å²) in [5, 5.41) is 16.1. The molecule has 0 aromatic carbocycles. The van der Waals surface area contributed by atoms with E-state index in [2.05, 4.69) is 13.8 Å². The number of rotatable bonds is 4. The van der Waals surface area contributed by atoms with Gasteiger partial charge in [0.2, 0.25) is 0 Å². The Labute approximate surface area is 104 Å². The fourth-order valence-electron chi connectivity index (χ4n) is 0.316. The average Bonchev–Trinajstić information content (AvgIpc) is 1.93. The quantitative estimate of drug-likeness (QED) is 0.600. The Bertz CT molecular complexity index is 33.9. The molecule has 0 rings (SSSR count). The van der Waals surface area contributed by atoms with Gasteiger partial charge in [0.15, 0.2) is 0 Å². The van der Waals surface area contributed by atoms with E-state index < -0.39 is 0 Å². The van der Waals surface area contributed by atoms with Crippen LogP contribution in [0.4, 0.5) is 0 Å². The van der Waals surface area contributed by atoms with Crippen molar-refractivity contribution in [1.82, 2.24) is 0 Å². The van der Waals surface area contributed by atoms with Crippen LogP contribution in [0.5, 0.6) is 0 Å². The molecule has 13 heavy (non-hydrogen) atoms. The monoisotopic (exact) mass is 358 g/mol. The first kappa shape index (κ1) is 29.2. The zero-order valence-electron chi connectivity index (χ0n) is 9.64. The SMILES string of the molecule is CCCCO.CCCCO.[CH3-].[CH3-].[Hf]. The molecule has 0 radical (unpaired) electrons. The molecule has 0 aliphatic heterocycles. The number of unbranched alkanes of at least 4 members (excludes halogenated alkanes) is 2. The maximum atomic E-state index is 8.07. The van der Waals surface area contributed by atoms with Crippen LogP contribution < -0.4 is 0 Å². The maximum Gasteiger partial charge on any atom is 0.0430 e. The molecule has 84 valence electrons. The van der Waals surface area contributed by atoms with Gasteiger partial charge in [-0.1, -0.05) is 26.7 Å². The van der Waals surface area contributed by atoms with Gasteiger partial charge in [0.05, 0.1) is 0 Å². The third-order valence-electron chi connectivity index (χ3n) is 1.02. The van der Waals surface area contributed by atoms with Gasteiger partial charge in [-0.15, -0.1) is 0 Å². The fraction of sp³-hybridized carbons (Fsp3) is 0.800. The van der Waals surface area contributed by atoms with Gasteiger partial charge in [-0.25, -0.2) is 0 Å². The first-order valence-electron chi connectivity index (χ1n) is 4.05. The van der Waals surface area contributed by atoms with Crippen LogP contribution in [0.1, 0.15) is 39.5 Å². The van der Waals surface area contributed by atoms with Crippen molar-refractivity contribution < 1.29 is 36.1 Å². The number of hydrogen-bond donors (Lipinski definition) is 2. The summed E-state index contributed by atoms with van der Waals surface area (Å²) in [5.41, 5.74) is 0. The number of aliphatic hydroxyl groups excluding tert-OH is 2. The van der Waals surface area contributed by atoms with Crippen LogP contribution in [-0.4, -0.2) is 23.4 Å². The van der Waals surface area contributed by atoms with Crippen molar-refractivity contribution in [2.45, 2.75) is 39.5 Å². The summed E-state index contributed by atoms with van der Waals surface area (Å²) >= 11 is 0. The van der Waals surface area contributed by atoms with E-state index in [-0.39, 0.29) is 40.7 Å². The predicted octanol–water partition coefficient (Wildman–Crippen LogP) is 2.46. The molecule has 2 nitrogen and oxygen atoms in total. The second-order valence-electron chi connectivity index (χ2n) is 2.15. The molecule has 0 unspecified atom stereocenters. The molecule has 0 heterocycles. The van der Waals surface area contributed by atoms with Crippen molar-refractivity contribution in [3.05, 3.63) is 14.9 Å². The average molecular weight is 357 g/mol. The normalized spacial score (nSPS) is 6.46. The molecule has 2 N–H and O–H groups in total. The van der Waals surface area contributed by atoms with E-state index in [1.54, 1.807) is 0 Å². The fourth-order valence-corrected chi connectivity index (χ4v) is 0.316. The van der Waals surface area contributed by atoms with E-state index in [1.807, 2.05) is 0 Å². The minimum Gasteiger partial charge on any atom is -0.396 e. The number of aliphatic hydroxyl groups is 2. The van der Waals surface area contributed by atoms with Crippen LogP contribution in [0.15, 0.2) is 0 Å². The van der Waals surface area contributed by atoms with Gasteiger partial charge >= 0.3 is 0 Å². The van der Waals surface area contributed by atoms with Crippen LogP contribution >= 0.6 is 0 Å². The van der Waals surface area contributed by atoms with Crippen molar-refractivity contribution >= 4 is 0 Å². The first-order chi connectivity index (χ1) is 4.83. The van der Waals surface area contributed by atoms with Crippen LogP contribution in [0, 0.1) is 14.9 Å². The van der Waals surface area contributed by atoms with Gasteiger partial charge in [-0.05, 0) is 12.8 Å². The van der Waals surface area contributed by atoms with Gasteiger partial charge in [-0.2, -0.15) is 0 Å². The van der Waals surface area contributed by atoms with Crippen molar-refractivity contribution in [3.8, 4) is 0 Å². The Balaban J connectivity index is -0.0000000267. The Hall–Kier alpha value is 0.790. The third-order valence-corrected chi connectivity index (χ3v) is 1.02. The summed E-state index contributed by atoms with van der Waals surface area (Å²) in [4.78, 5) is 0. The number of hydrogen-bond acceptors (Lipinski definition) is 2. The van der Waals surface area contributed by atoms with Gasteiger partial charge in [0, 0.05) is 39.1 Å². The van der Waals surface area contributed by atoms with Gasteiger partial charge in [0.25, 0.3) is 0 Å². The van der Waals surface area contributed by atoms with E-state index in [0.29, 0.717) is 13.2 Å². The summed E-state index contributed by atoms with van der Waals surface area (Å²) in [7, 11) is 0. The largest absolute Gasteiger partial charge is 0.396 e. The van der Waals surface area contributed by atoms with Crippen LogP contribution in [0.2, 0.25) is 0 Å². The van der Waals surface area contributed by atoms with E-state index >= 15 is 0 Å². The summed E-state index contributed by atoms with van der Waals surface area (Å²) < 4.78 is 0. The Kier molecular flexibility index (Phi) is 86.6.